The maximum atomic E-state index is 12.5. The normalized spacial score (nSPS) is 11.6. The minimum absolute atomic E-state index is 0.205. The first-order chi connectivity index (χ1) is 12.8. The molecule has 0 atom stereocenters. The number of alkyl halides is 3. The van der Waals surface area contributed by atoms with E-state index in [0.29, 0.717) is 31.9 Å². The summed E-state index contributed by atoms with van der Waals surface area (Å²) < 4.78 is 47.4. The second-order valence-corrected chi connectivity index (χ2v) is 5.54. The molecule has 0 saturated heterocycles. The molecule has 0 aliphatic rings. The zero-order valence-electron chi connectivity index (χ0n) is 15.2. The number of ether oxygens (including phenoxy) is 2. The highest BCUT2D eigenvalue weighted by atomic mass is 19.4. The summed E-state index contributed by atoms with van der Waals surface area (Å²) in [5, 5.41) is 2.44. The summed E-state index contributed by atoms with van der Waals surface area (Å²) in [6.45, 7) is 1.25. The first-order valence-corrected chi connectivity index (χ1v) is 8.16. The van der Waals surface area contributed by atoms with Crippen molar-refractivity contribution in [2.75, 3.05) is 47.1 Å². The van der Waals surface area contributed by atoms with Gasteiger partial charge in [0.2, 0.25) is 11.8 Å². The molecule has 0 radical (unpaired) electrons. The van der Waals surface area contributed by atoms with Crippen LogP contribution in [0.1, 0.15) is 11.1 Å². The van der Waals surface area contributed by atoms with Gasteiger partial charge in [-0.05, 0) is 23.8 Å². The highest BCUT2D eigenvalue weighted by Crippen LogP contribution is 2.29. The standard InChI is InChI=1S/C18H23F3N2O4/c1-26-11-9-23(10-12-27-2)17(25)13-22-16(24)8-5-14-3-6-15(7-4-14)18(19,20)21/h3-8H,9-13H2,1-2H3,(H,22,24)/b8-5+. The Labute approximate surface area is 155 Å². The summed E-state index contributed by atoms with van der Waals surface area (Å²) in [5.74, 6) is -0.818. The van der Waals surface area contributed by atoms with Gasteiger partial charge in [0.05, 0.1) is 25.3 Å². The number of nitrogens with zero attached hydrogens (tertiary/aromatic N) is 1. The maximum absolute atomic E-state index is 12.5. The predicted octanol–water partition coefficient (Wildman–Crippen LogP) is 1.96. The Morgan fingerprint density at radius 3 is 2.11 bits per heavy atom. The zero-order chi connectivity index (χ0) is 20.3. The Kier molecular flexibility index (Phi) is 9.52. The highest BCUT2D eigenvalue weighted by molar-refractivity contribution is 5.94. The van der Waals surface area contributed by atoms with Crippen molar-refractivity contribution in [1.82, 2.24) is 10.2 Å². The molecule has 1 rings (SSSR count). The smallest absolute Gasteiger partial charge is 0.383 e. The lowest BCUT2D eigenvalue weighted by atomic mass is 10.1. The number of carbonyl (C=O) groups excluding carboxylic acids is 2. The average molecular weight is 388 g/mol. The molecule has 2 amide bonds. The first kappa shape index (κ1) is 22.7. The molecule has 0 saturated carbocycles. The molecule has 0 unspecified atom stereocenters. The number of rotatable bonds is 10. The number of methoxy groups -OCH3 is 2. The van der Waals surface area contributed by atoms with Gasteiger partial charge in [-0.1, -0.05) is 12.1 Å². The van der Waals surface area contributed by atoms with E-state index in [2.05, 4.69) is 5.32 Å². The van der Waals surface area contributed by atoms with Crippen molar-refractivity contribution in [3.05, 3.63) is 41.5 Å². The second kappa shape index (κ2) is 11.3. The monoisotopic (exact) mass is 388 g/mol. The van der Waals surface area contributed by atoms with Crippen LogP contribution in [0.4, 0.5) is 13.2 Å². The molecule has 150 valence electrons. The van der Waals surface area contributed by atoms with Crippen molar-refractivity contribution in [1.29, 1.82) is 0 Å². The largest absolute Gasteiger partial charge is 0.416 e. The van der Waals surface area contributed by atoms with Crippen molar-refractivity contribution in [2.24, 2.45) is 0 Å². The molecule has 1 N–H and O–H groups in total. The Morgan fingerprint density at radius 2 is 1.63 bits per heavy atom. The molecule has 0 aliphatic carbocycles. The van der Waals surface area contributed by atoms with Gasteiger partial charge in [0.15, 0.2) is 0 Å². The molecule has 1 aromatic carbocycles. The third kappa shape index (κ3) is 8.69. The lowest BCUT2D eigenvalue weighted by Crippen LogP contribution is -2.42. The SMILES string of the molecule is COCCN(CCOC)C(=O)CNC(=O)/C=C/c1ccc(C(F)(F)F)cc1. The second-order valence-electron chi connectivity index (χ2n) is 5.54. The number of halogens is 3. The van der Waals surface area contributed by atoms with Crippen LogP contribution in [0.25, 0.3) is 6.08 Å². The van der Waals surface area contributed by atoms with E-state index in [1.807, 2.05) is 0 Å². The molecule has 0 bridgehead atoms. The summed E-state index contributed by atoms with van der Waals surface area (Å²) in [4.78, 5) is 25.4. The van der Waals surface area contributed by atoms with E-state index in [1.54, 1.807) is 0 Å². The lowest BCUT2D eigenvalue weighted by molar-refractivity contribution is -0.137. The predicted molar refractivity (Wildman–Crippen MR) is 93.8 cm³/mol. The number of hydrogen-bond donors (Lipinski definition) is 1. The van der Waals surface area contributed by atoms with Crippen LogP contribution in [0.5, 0.6) is 0 Å². The lowest BCUT2D eigenvalue weighted by Gasteiger charge is -2.22. The van der Waals surface area contributed by atoms with Crippen LogP contribution >= 0.6 is 0 Å². The van der Waals surface area contributed by atoms with Crippen LogP contribution in [-0.2, 0) is 25.2 Å². The maximum Gasteiger partial charge on any atom is 0.416 e. The molecule has 0 heterocycles. The molecule has 0 aliphatic heterocycles. The van der Waals surface area contributed by atoms with E-state index in [-0.39, 0.29) is 12.5 Å². The summed E-state index contributed by atoms with van der Waals surface area (Å²) in [6, 6.07) is 4.39. The van der Waals surface area contributed by atoms with Gasteiger partial charge >= 0.3 is 6.18 Å². The van der Waals surface area contributed by atoms with Gasteiger partial charge in [-0.3, -0.25) is 9.59 Å². The fourth-order valence-corrected chi connectivity index (χ4v) is 2.05. The molecular weight excluding hydrogens is 365 g/mol. The van der Waals surface area contributed by atoms with Gasteiger partial charge in [-0.15, -0.1) is 0 Å². The van der Waals surface area contributed by atoms with Crippen LogP contribution in [0.15, 0.2) is 30.3 Å². The third-order valence-corrected chi connectivity index (χ3v) is 3.56. The van der Waals surface area contributed by atoms with Crippen molar-refractivity contribution >= 4 is 17.9 Å². The van der Waals surface area contributed by atoms with Crippen LogP contribution in [0.3, 0.4) is 0 Å². The number of amides is 2. The third-order valence-electron chi connectivity index (χ3n) is 3.56. The Balaban J connectivity index is 2.52. The number of nitrogens with one attached hydrogen (secondary N) is 1. The average Bonchev–Trinajstić information content (AvgIpc) is 2.64. The summed E-state index contributed by atoms with van der Waals surface area (Å²) >= 11 is 0. The Hall–Kier alpha value is -2.39. The summed E-state index contributed by atoms with van der Waals surface area (Å²) in [7, 11) is 3.04. The molecule has 0 aromatic heterocycles. The van der Waals surface area contributed by atoms with Gasteiger partial charge in [0, 0.05) is 33.4 Å². The first-order valence-electron chi connectivity index (χ1n) is 8.16. The minimum Gasteiger partial charge on any atom is -0.383 e. The molecular formula is C18H23F3N2O4. The van der Waals surface area contributed by atoms with Crippen molar-refractivity contribution < 1.29 is 32.2 Å². The van der Waals surface area contributed by atoms with Crippen molar-refractivity contribution in [3.63, 3.8) is 0 Å². The minimum atomic E-state index is -4.41. The van der Waals surface area contributed by atoms with E-state index >= 15 is 0 Å². The Bertz CT molecular complexity index is 622. The van der Waals surface area contributed by atoms with Gasteiger partial charge in [0.1, 0.15) is 0 Å². The van der Waals surface area contributed by atoms with Gasteiger partial charge in [-0.25, -0.2) is 0 Å². The molecule has 0 fully saturated rings. The van der Waals surface area contributed by atoms with E-state index in [9.17, 15) is 22.8 Å². The summed E-state index contributed by atoms with van der Waals surface area (Å²) in [5.41, 5.74) is -0.326. The van der Waals surface area contributed by atoms with E-state index in [4.69, 9.17) is 9.47 Å². The van der Waals surface area contributed by atoms with Crippen LogP contribution in [-0.4, -0.2) is 63.8 Å². The number of carbonyl (C=O) groups is 2. The Morgan fingerprint density at radius 1 is 1.07 bits per heavy atom. The molecule has 27 heavy (non-hydrogen) atoms. The fourth-order valence-electron chi connectivity index (χ4n) is 2.05. The van der Waals surface area contributed by atoms with Crippen molar-refractivity contribution in [2.45, 2.75) is 6.18 Å². The van der Waals surface area contributed by atoms with E-state index in [0.717, 1.165) is 18.2 Å². The van der Waals surface area contributed by atoms with E-state index < -0.39 is 17.6 Å². The molecule has 9 heteroatoms. The number of benzene rings is 1. The fraction of sp³-hybridized carbons (Fsp3) is 0.444. The van der Waals surface area contributed by atoms with Gasteiger partial charge < -0.3 is 19.7 Å². The highest BCUT2D eigenvalue weighted by Gasteiger charge is 2.29. The van der Waals surface area contributed by atoms with Crippen LogP contribution < -0.4 is 5.32 Å². The van der Waals surface area contributed by atoms with E-state index in [1.165, 1.54) is 37.3 Å². The van der Waals surface area contributed by atoms with Crippen LogP contribution in [0, 0.1) is 0 Å². The quantitative estimate of drug-likeness (QED) is 0.623. The molecule has 1 aromatic rings. The topological polar surface area (TPSA) is 67.9 Å². The number of hydrogen-bond acceptors (Lipinski definition) is 4. The summed E-state index contributed by atoms with van der Waals surface area (Å²) in [6.07, 6.45) is -1.88. The zero-order valence-corrected chi connectivity index (χ0v) is 15.2. The van der Waals surface area contributed by atoms with Crippen molar-refractivity contribution in [3.8, 4) is 0 Å². The molecule has 6 nitrogen and oxygen atoms in total. The molecule has 0 spiro atoms. The van der Waals surface area contributed by atoms with Gasteiger partial charge in [0.25, 0.3) is 0 Å². The van der Waals surface area contributed by atoms with Crippen LogP contribution in [0.2, 0.25) is 0 Å². The van der Waals surface area contributed by atoms with Gasteiger partial charge in [-0.2, -0.15) is 13.2 Å².